The predicted molar refractivity (Wildman–Crippen MR) is 104 cm³/mol. The van der Waals surface area contributed by atoms with Gasteiger partial charge in [0.2, 0.25) is 0 Å². The molecule has 25 heavy (non-hydrogen) atoms. The number of rotatable bonds is 7. The van der Waals surface area contributed by atoms with E-state index in [4.69, 9.17) is 9.47 Å². The summed E-state index contributed by atoms with van der Waals surface area (Å²) in [5, 5.41) is 3.72. The van der Waals surface area contributed by atoms with Crippen molar-refractivity contribution in [1.82, 2.24) is 10.2 Å². The van der Waals surface area contributed by atoms with Crippen molar-refractivity contribution in [2.75, 3.05) is 40.0 Å². The molecular weight excluding hydrogens is 380 g/mol. The van der Waals surface area contributed by atoms with Crippen LogP contribution < -0.4 is 10.1 Å². The van der Waals surface area contributed by atoms with Gasteiger partial charge in [0.1, 0.15) is 5.75 Å². The number of hydrogen-bond donors (Lipinski definition) is 1. The molecule has 0 aliphatic carbocycles. The highest BCUT2D eigenvalue weighted by Crippen LogP contribution is 2.26. The number of methoxy groups -OCH3 is 1. The Kier molecular flexibility index (Phi) is 6.87. The first-order chi connectivity index (χ1) is 12.3. The van der Waals surface area contributed by atoms with E-state index in [-0.39, 0.29) is 0 Å². The molecule has 134 valence electrons. The summed E-state index contributed by atoms with van der Waals surface area (Å²) in [6.45, 7) is 5.45. The van der Waals surface area contributed by atoms with Crippen LogP contribution in [0.2, 0.25) is 0 Å². The van der Waals surface area contributed by atoms with Crippen LogP contribution in [0.1, 0.15) is 17.2 Å². The molecule has 1 N–H and O–H groups in total. The second kappa shape index (κ2) is 9.34. The molecule has 1 aliphatic heterocycles. The summed E-state index contributed by atoms with van der Waals surface area (Å²) >= 11 is 3.56. The van der Waals surface area contributed by atoms with Crippen molar-refractivity contribution in [3.05, 3.63) is 64.1 Å². The van der Waals surface area contributed by atoms with Crippen LogP contribution in [0.5, 0.6) is 5.75 Å². The number of benzene rings is 2. The van der Waals surface area contributed by atoms with Gasteiger partial charge in [-0.2, -0.15) is 0 Å². The minimum atomic E-state index is 0.292. The zero-order valence-corrected chi connectivity index (χ0v) is 16.2. The fourth-order valence-corrected chi connectivity index (χ4v) is 3.66. The summed E-state index contributed by atoms with van der Waals surface area (Å²) in [6, 6.07) is 17.2. The van der Waals surface area contributed by atoms with Crippen molar-refractivity contribution in [2.24, 2.45) is 0 Å². The highest BCUT2D eigenvalue weighted by atomic mass is 79.9. The maximum Gasteiger partial charge on any atom is 0.133 e. The minimum absolute atomic E-state index is 0.292. The molecular formula is C20H25BrN2O2. The maximum absolute atomic E-state index is 5.47. The lowest BCUT2D eigenvalue weighted by Crippen LogP contribution is -2.41. The molecule has 1 aliphatic rings. The number of ether oxygens (including phenoxy) is 2. The van der Waals surface area contributed by atoms with Gasteiger partial charge in [0.05, 0.1) is 24.8 Å². The topological polar surface area (TPSA) is 33.7 Å². The Morgan fingerprint density at radius 2 is 1.92 bits per heavy atom. The van der Waals surface area contributed by atoms with Crippen molar-refractivity contribution in [1.29, 1.82) is 0 Å². The fourth-order valence-electron chi connectivity index (χ4n) is 3.08. The summed E-state index contributed by atoms with van der Waals surface area (Å²) in [6.07, 6.45) is 0. The van der Waals surface area contributed by atoms with Gasteiger partial charge in [-0.25, -0.2) is 0 Å². The van der Waals surface area contributed by atoms with Crippen molar-refractivity contribution < 1.29 is 9.47 Å². The third-order valence-electron chi connectivity index (χ3n) is 4.52. The third-order valence-corrected chi connectivity index (χ3v) is 5.13. The zero-order valence-electron chi connectivity index (χ0n) is 14.6. The average Bonchev–Trinajstić information content (AvgIpc) is 2.67. The normalized spacial score (nSPS) is 16.6. The second-order valence-corrected chi connectivity index (χ2v) is 7.08. The summed E-state index contributed by atoms with van der Waals surface area (Å²) < 4.78 is 11.8. The molecule has 0 bridgehead atoms. The van der Waals surface area contributed by atoms with Gasteiger partial charge < -0.3 is 14.8 Å². The van der Waals surface area contributed by atoms with E-state index in [1.54, 1.807) is 7.11 Å². The number of morpholine rings is 1. The lowest BCUT2D eigenvalue weighted by Gasteiger charge is -2.31. The molecule has 2 aromatic rings. The molecule has 0 amide bonds. The number of nitrogens with one attached hydrogen (secondary N) is 1. The molecule has 2 aromatic carbocycles. The van der Waals surface area contributed by atoms with Crippen LogP contribution in [0.25, 0.3) is 0 Å². The van der Waals surface area contributed by atoms with E-state index in [9.17, 15) is 0 Å². The van der Waals surface area contributed by atoms with E-state index in [2.05, 4.69) is 68.6 Å². The van der Waals surface area contributed by atoms with Gasteiger partial charge in [0.15, 0.2) is 0 Å². The van der Waals surface area contributed by atoms with E-state index >= 15 is 0 Å². The van der Waals surface area contributed by atoms with Gasteiger partial charge in [-0.05, 0) is 39.2 Å². The van der Waals surface area contributed by atoms with Gasteiger partial charge in [-0.15, -0.1) is 0 Å². The van der Waals surface area contributed by atoms with E-state index in [1.807, 2.05) is 6.07 Å². The molecule has 0 aromatic heterocycles. The van der Waals surface area contributed by atoms with Crippen LogP contribution in [0.3, 0.4) is 0 Å². The highest BCUT2D eigenvalue weighted by Gasteiger charge is 2.18. The van der Waals surface area contributed by atoms with Gasteiger partial charge in [0.25, 0.3) is 0 Å². The Hall–Kier alpha value is -1.40. The lowest BCUT2D eigenvalue weighted by atomic mass is 10.1. The Balaban J connectivity index is 1.67. The smallest absolute Gasteiger partial charge is 0.133 e. The maximum atomic E-state index is 5.47. The van der Waals surface area contributed by atoms with Crippen molar-refractivity contribution in [3.63, 3.8) is 0 Å². The molecule has 1 atom stereocenters. The molecule has 4 nitrogen and oxygen atoms in total. The molecule has 0 saturated carbocycles. The van der Waals surface area contributed by atoms with E-state index in [0.717, 1.165) is 49.6 Å². The molecule has 1 heterocycles. The van der Waals surface area contributed by atoms with Crippen LogP contribution >= 0.6 is 15.9 Å². The Bertz CT molecular complexity index is 660. The Labute approximate surface area is 158 Å². The van der Waals surface area contributed by atoms with Crippen molar-refractivity contribution >= 4 is 15.9 Å². The van der Waals surface area contributed by atoms with Crippen LogP contribution in [-0.2, 0) is 11.3 Å². The molecule has 1 unspecified atom stereocenters. The molecule has 3 rings (SSSR count). The molecule has 5 heteroatoms. The summed E-state index contributed by atoms with van der Waals surface area (Å²) in [4.78, 5) is 2.47. The first-order valence-electron chi connectivity index (χ1n) is 8.67. The van der Waals surface area contributed by atoms with Gasteiger partial charge in [-0.3, -0.25) is 4.90 Å². The van der Waals surface area contributed by atoms with E-state index in [1.165, 1.54) is 11.1 Å². The molecule has 1 fully saturated rings. The number of hydrogen-bond acceptors (Lipinski definition) is 4. The van der Waals surface area contributed by atoms with Crippen molar-refractivity contribution in [3.8, 4) is 5.75 Å². The predicted octanol–water partition coefficient (Wildman–Crippen LogP) is 3.62. The van der Waals surface area contributed by atoms with Gasteiger partial charge in [0, 0.05) is 32.2 Å². The average molecular weight is 405 g/mol. The van der Waals surface area contributed by atoms with Crippen LogP contribution in [0.15, 0.2) is 53.0 Å². The Morgan fingerprint density at radius 3 is 2.60 bits per heavy atom. The highest BCUT2D eigenvalue weighted by molar-refractivity contribution is 9.10. The van der Waals surface area contributed by atoms with Crippen LogP contribution in [0, 0.1) is 0 Å². The fraction of sp³-hybridized carbons (Fsp3) is 0.400. The standard InChI is InChI=1S/C20H25BrN2O2/c1-24-20-8-7-16(13-18(20)21)14-22-19(17-5-3-2-4-6-17)15-23-9-11-25-12-10-23/h2-8,13,19,22H,9-12,14-15H2,1H3. The first-order valence-corrected chi connectivity index (χ1v) is 9.46. The summed E-state index contributed by atoms with van der Waals surface area (Å²) in [5.74, 6) is 0.858. The van der Waals surface area contributed by atoms with E-state index < -0.39 is 0 Å². The summed E-state index contributed by atoms with van der Waals surface area (Å²) in [5.41, 5.74) is 2.55. The van der Waals surface area contributed by atoms with E-state index in [0.29, 0.717) is 6.04 Å². The third kappa shape index (κ3) is 5.28. The van der Waals surface area contributed by atoms with Gasteiger partial charge >= 0.3 is 0 Å². The number of halogens is 1. The molecule has 0 radical (unpaired) electrons. The largest absolute Gasteiger partial charge is 0.496 e. The SMILES string of the molecule is COc1ccc(CNC(CN2CCOCC2)c2ccccc2)cc1Br. The quantitative estimate of drug-likeness (QED) is 0.763. The molecule has 0 spiro atoms. The Morgan fingerprint density at radius 1 is 1.16 bits per heavy atom. The van der Waals surface area contributed by atoms with Crippen LogP contribution in [-0.4, -0.2) is 44.9 Å². The first kappa shape index (κ1) is 18.4. The summed E-state index contributed by atoms with van der Waals surface area (Å²) in [7, 11) is 1.69. The molecule has 1 saturated heterocycles. The lowest BCUT2D eigenvalue weighted by molar-refractivity contribution is 0.0333. The minimum Gasteiger partial charge on any atom is -0.496 e. The monoisotopic (exact) mass is 404 g/mol. The van der Waals surface area contributed by atoms with Gasteiger partial charge in [-0.1, -0.05) is 36.4 Å². The second-order valence-electron chi connectivity index (χ2n) is 6.23. The van der Waals surface area contributed by atoms with Crippen LogP contribution in [0.4, 0.5) is 0 Å². The zero-order chi connectivity index (χ0) is 17.5. The number of nitrogens with zero attached hydrogens (tertiary/aromatic N) is 1. The van der Waals surface area contributed by atoms with Crippen molar-refractivity contribution in [2.45, 2.75) is 12.6 Å².